The molecule has 2 saturated heterocycles. The quantitative estimate of drug-likeness (QED) is 0.847. The number of amides is 1. The van der Waals surface area contributed by atoms with E-state index >= 15 is 0 Å². The van der Waals surface area contributed by atoms with Crippen LogP contribution in [0.3, 0.4) is 0 Å². The van der Waals surface area contributed by atoms with Gasteiger partial charge in [-0.15, -0.1) is 0 Å². The zero-order valence-electron chi connectivity index (χ0n) is 10.4. The minimum absolute atomic E-state index is 0.174. The van der Waals surface area contributed by atoms with Gasteiger partial charge in [0, 0.05) is 43.4 Å². The van der Waals surface area contributed by atoms with E-state index in [4.69, 9.17) is 4.74 Å². The van der Waals surface area contributed by atoms with E-state index in [1.807, 2.05) is 12.1 Å². The lowest BCUT2D eigenvalue weighted by atomic mass is 10.1. The standard InChI is InChI=1S/C13H17N3O2/c1-18-13-9(3-2-5-14-13)8-16-6-4-10-11(16)7-12(17)15-10/h2-3,5,10-11H,4,6-8H2,1H3,(H,15,17)/t10-,11+/m0/s1. The molecule has 18 heavy (non-hydrogen) atoms. The van der Waals surface area contributed by atoms with Crippen molar-refractivity contribution in [3.05, 3.63) is 23.9 Å². The van der Waals surface area contributed by atoms with Crippen LogP contribution in [0.25, 0.3) is 0 Å². The molecule has 1 aromatic rings. The van der Waals surface area contributed by atoms with Crippen LogP contribution in [0.4, 0.5) is 0 Å². The Kier molecular flexibility index (Phi) is 2.91. The summed E-state index contributed by atoms with van der Waals surface area (Å²) in [5.41, 5.74) is 1.08. The first-order valence-corrected chi connectivity index (χ1v) is 6.29. The summed E-state index contributed by atoms with van der Waals surface area (Å²) < 4.78 is 5.27. The van der Waals surface area contributed by atoms with Crippen molar-refractivity contribution in [1.82, 2.24) is 15.2 Å². The SMILES string of the molecule is COc1ncccc1CN1CC[C@@H]2NC(=O)C[C@H]21. The van der Waals surface area contributed by atoms with Gasteiger partial charge in [-0.25, -0.2) is 4.98 Å². The smallest absolute Gasteiger partial charge is 0.221 e. The van der Waals surface area contributed by atoms with Crippen LogP contribution in [0.1, 0.15) is 18.4 Å². The molecule has 3 heterocycles. The van der Waals surface area contributed by atoms with Gasteiger partial charge in [0.2, 0.25) is 11.8 Å². The maximum Gasteiger partial charge on any atom is 0.221 e. The number of likely N-dealkylation sites (tertiary alicyclic amines) is 1. The van der Waals surface area contributed by atoms with E-state index in [0.717, 1.165) is 25.1 Å². The van der Waals surface area contributed by atoms with E-state index in [1.165, 1.54) is 0 Å². The number of methoxy groups -OCH3 is 1. The molecular weight excluding hydrogens is 230 g/mol. The lowest BCUT2D eigenvalue weighted by molar-refractivity contribution is -0.119. The van der Waals surface area contributed by atoms with Gasteiger partial charge in [-0.1, -0.05) is 6.07 Å². The second kappa shape index (κ2) is 4.57. The molecule has 1 N–H and O–H groups in total. The highest BCUT2D eigenvalue weighted by Gasteiger charge is 2.41. The summed E-state index contributed by atoms with van der Waals surface area (Å²) >= 11 is 0. The molecule has 1 amide bonds. The van der Waals surface area contributed by atoms with E-state index in [1.54, 1.807) is 13.3 Å². The third kappa shape index (κ3) is 1.95. The zero-order valence-corrected chi connectivity index (χ0v) is 10.4. The Morgan fingerprint density at radius 2 is 2.50 bits per heavy atom. The normalized spacial score (nSPS) is 27.1. The largest absolute Gasteiger partial charge is 0.481 e. The molecule has 2 fully saturated rings. The summed E-state index contributed by atoms with van der Waals surface area (Å²) in [5, 5.41) is 3.03. The van der Waals surface area contributed by atoms with E-state index in [-0.39, 0.29) is 5.91 Å². The number of aromatic nitrogens is 1. The minimum atomic E-state index is 0.174. The molecule has 0 bridgehead atoms. The second-order valence-electron chi connectivity index (χ2n) is 4.88. The zero-order chi connectivity index (χ0) is 12.5. The van der Waals surface area contributed by atoms with E-state index < -0.39 is 0 Å². The monoisotopic (exact) mass is 247 g/mol. The number of carbonyl (C=O) groups is 1. The van der Waals surface area contributed by atoms with Crippen LogP contribution >= 0.6 is 0 Å². The predicted octanol–water partition coefficient (Wildman–Crippen LogP) is 0.553. The van der Waals surface area contributed by atoms with Crippen molar-refractivity contribution in [2.24, 2.45) is 0 Å². The lowest BCUT2D eigenvalue weighted by Gasteiger charge is -2.22. The summed E-state index contributed by atoms with van der Waals surface area (Å²) in [6.45, 7) is 1.82. The molecule has 0 aliphatic carbocycles. The molecule has 1 aromatic heterocycles. The van der Waals surface area contributed by atoms with Gasteiger partial charge in [-0.2, -0.15) is 0 Å². The maximum absolute atomic E-state index is 11.4. The summed E-state index contributed by atoms with van der Waals surface area (Å²) in [6, 6.07) is 4.62. The second-order valence-corrected chi connectivity index (χ2v) is 4.88. The van der Waals surface area contributed by atoms with Crippen LogP contribution in [0, 0.1) is 0 Å². The Morgan fingerprint density at radius 3 is 3.33 bits per heavy atom. The van der Waals surface area contributed by atoms with Crippen LogP contribution in [0.2, 0.25) is 0 Å². The van der Waals surface area contributed by atoms with Crippen LogP contribution in [-0.4, -0.2) is 41.5 Å². The number of hydrogen-bond acceptors (Lipinski definition) is 4. The van der Waals surface area contributed by atoms with Gasteiger partial charge in [-0.3, -0.25) is 9.69 Å². The van der Waals surface area contributed by atoms with Gasteiger partial charge in [0.25, 0.3) is 0 Å². The minimum Gasteiger partial charge on any atom is -0.481 e. The summed E-state index contributed by atoms with van der Waals surface area (Å²) in [7, 11) is 1.64. The van der Waals surface area contributed by atoms with Gasteiger partial charge >= 0.3 is 0 Å². The van der Waals surface area contributed by atoms with Gasteiger partial charge in [0.15, 0.2) is 0 Å². The molecular formula is C13H17N3O2. The number of pyridine rings is 1. The fraction of sp³-hybridized carbons (Fsp3) is 0.538. The van der Waals surface area contributed by atoms with Crippen molar-refractivity contribution in [2.75, 3.05) is 13.7 Å². The van der Waals surface area contributed by atoms with Crippen molar-refractivity contribution in [2.45, 2.75) is 31.5 Å². The van der Waals surface area contributed by atoms with E-state index in [0.29, 0.717) is 24.4 Å². The summed E-state index contributed by atoms with van der Waals surface area (Å²) in [5.74, 6) is 0.853. The number of hydrogen-bond donors (Lipinski definition) is 1. The van der Waals surface area contributed by atoms with E-state index in [2.05, 4.69) is 15.2 Å². The average molecular weight is 247 g/mol. The first-order chi connectivity index (χ1) is 8.78. The highest BCUT2D eigenvalue weighted by Crippen LogP contribution is 2.28. The molecule has 0 saturated carbocycles. The Hall–Kier alpha value is -1.62. The van der Waals surface area contributed by atoms with Crippen molar-refractivity contribution >= 4 is 5.91 Å². The molecule has 2 aliphatic heterocycles. The van der Waals surface area contributed by atoms with Gasteiger partial charge in [0.05, 0.1) is 7.11 Å². The predicted molar refractivity (Wildman–Crippen MR) is 66.2 cm³/mol. The fourth-order valence-electron chi connectivity index (χ4n) is 2.96. The third-order valence-corrected chi connectivity index (χ3v) is 3.82. The topological polar surface area (TPSA) is 54.5 Å². The molecule has 2 atom stereocenters. The molecule has 96 valence electrons. The third-order valence-electron chi connectivity index (χ3n) is 3.82. The molecule has 0 unspecified atom stereocenters. The number of fused-ring (bicyclic) bond motifs is 1. The maximum atomic E-state index is 11.4. The Morgan fingerprint density at radius 1 is 1.61 bits per heavy atom. The Bertz CT molecular complexity index is 463. The number of rotatable bonds is 3. The Labute approximate surface area is 106 Å². The molecule has 0 radical (unpaired) electrons. The summed E-state index contributed by atoms with van der Waals surface area (Å²) in [4.78, 5) is 18.0. The number of ether oxygens (including phenoxy) is 1. The number of nitrogens with zero attached hydrogens (tertiary/aromatic N) is 2. The molecule has 5 heteroatoms. The summed E-state index contributed by atoms with van der Waals surface area (Å²) in [6.07, 6.45) is 3.39. The highest BCUT2D eigenvalue weighted by atomic mass is 16.5. The number of nitrogens with one attached hydrogen (secondary N) is 1. The lowest BCUT2D eigenvalue weighted by Crippen LogP contribution is -2.34. The van der Waals surface area contributed by atoms with Crippen LogP contribution in [-0.2, 0) is 11.3 Å². The average Bonchev–Trinajstić information content (AvgIpc) is 2.91. The number of carbonyl (C=O) groups excluding carboxylic acids is 1. The van der Waals surface area contributed by atoms with E-state index in [9.17, 15) is 4.79 Å². The first kappa shape index (κ1) is 11.5. The van der Waals surface area contributed by atoms with Crippen molar-refractivity contribution in [3.8, 4) is 5.88 Å². The van der Waals surface area contributed by atoms with Crippen LogP contribution in [0.15, 0.2) is 18.3 Å². The first-order valence-electron chi connectivity index (χ1n) is 6.29. The van der Waals surface area contributed by atoms with Crippen LogP contribution < -0.4 is 10.1 Å². The fourth-order valence-corrected chi connectivity index (χ4v) is 2.96. The van der Waals surface area contributed by atoms with Crippen molar-refractivity contribution < 1.29 is 9.53 Å². The Balaban J connectivity index is 1.75. The van der Waals surface area contributed by atoms with Gasteiger partial charge in [0.1, 0.15) is 0 Å². The van der Waals surface area contributed by atoms with Crippen molar-refractivity contribution in [3.63, 3.8) is 0 Å². The van der Waals surface area contributed by atoms with Gasteiger partial charge < -0.3 is 10.1 Å². The molecule has 5 nitrogen and oxygen atoms in total. The highest BCUT2D eigenvalue weighted by molar-refractivity contribution is 5.80. The van der Waals surface area contributed by atoms with Crippen molar-refractivity contribution in [1.29, 1.82) is 0 Å². The molecule has 0 spiro atoms. The molecule has 3 rings (SSSR count). The van der Waals surface area contributed by atoms with Crippen LogP contribution in [0.5, 0.6) is 5.88 Å². The van der Waals surface area contributed by atoms with Gasteiger partial charge in [-0.05, 0) is 12.5 Å². The molecule has 0 aromatic carbocycles. The molecule has 2 aliphatic rings.